The smallest absolute Gasteiger partial charge is 0.332 e. The lowest BCUT2D eigenvalue weighted by Gasteiger charge is -2.32. The topological polar surface area (TPSA) is 85.0 Å². The molecule has 1 atom stereocenters. The molecule has 7 heteroatoms. The first-order valence-corrected chi connectivity index (χ1v) is 6.86. The fourth-order valence-corrected chi connectivity index (χ4v) is 2.50. The van der Waals surface area contributed by atoms with Crippen molar-refractivity contribution in [1.82, 2.24) is 0 Å². The van der Waals surface area contributed by atoms with Gasteiger partial charge in [0.05, 0.1) is 6.61 Å². The van der Waals surface area contributed by atoms with Crippen LogP contribution in [0.3, 0.4) is 0 Å². The Morgan fingerprint density at radius 2 is 2.10 bits per heavy atom. The molecule has 0 radical (unpaired) electrons. The van der Waals surface area contributed by atoms with Crippen LogP contribution in [0.15, 0.2) is 29.4 Å². The average Bonchev–Trinajstić information content (AvgIpc) is 2.73. The third kappa shape index (κ3) is 2.58. The zero-order chi connectivity index (χ0) is 15.6. The van der Waals surface area contributed by atoms with Crippen LogP contribution in [0, 0.1) is 0 Å². The minimum absolute atomic E-state index is 0.101. The van der Waals surface area contributed by atoms with Crippen LogP contribution in [0.1, 0.15) is 20.3 Å². The van der Waals surface area contributed by atoms with E-state index in [0.717, 1.165) is 0 Å². The molecule has 1 aromatic rings. The van der Waals surface area contributed by atoms with Crippen molar-refractivity contribution in [2.75, 3.05) is 11.5 Å². The first-order valence-electron chi connectivity index (χ1n) is 6.48. The Morgan fingerprint density at radius 1 is 1.48 bits per heavy atom. The van der Waals surface area contributed by atoms with Crippen LogP contribution in [0.2, 0.25) is 5.02 Å². The van der Waals surface area contributed by atoms with Crippen LogP contribution in [-0.2, 0) is 14.3 Å². The summed E-state index contributed by atoms with van der Waals surface area (Å²) in [6.45, 7) is 3.57. The Kier molecular flexibility index (Phi) is 4.18. The average molecular weight is 310 g/mol. The molecule has 1 unspecified atom stereocenters. The molecule has 0 saturated carbocycles. The van der Waals surface area contributed by atoms with Crippen LogP contribution in [0.5, 0.6) is 0 Å². The van der Waals surface area contributed by atoms with Crippen LogP contribution in [-0.4, -0.2) is 29.7 Å². The second-order valence-electron chi connectivity index (χ2n) is 4.86. The van der Waals surface area contributed by atoms with Gasteiger partial charge in [-0.1, -0.05) is 11.6 Å². The summed E-state index contributed by atoms with van der Waals surface area (Å²) in [6, 6.07) is 6.62. The van der Waals surface area contributed by atoms with Crippen molar-refractivity contribution in [3.63, 3.8) is 0 Å². The first kappa shape index (κ1) is 15.3. The number of carbonyl (C=O) groups is 2. The van der Waals surface area contributed by atoms with Crippen LogP contribution in [0.4, 0.5) is 5.69 Å². The summed E-state index contributed by atoms with van der Waals surface area (Å²) in [5, 5.41) is 4.03. The molecule has 1 aliphatic rings. The van der Waals surface area contributed by atoms with Crippen molar-refractivity contribution < 1.29 is 14.3 Å². The Bertz CT molecular complexity index is 600. The molecule has 6 nitrogen and oxygen atoms in total. The highest BCUT2D eigenvalue weighted by Crippen LogP contribution is 2.35. The number of anilines is 1. The number of ether oxygens (including phenoxy) is 1. The summed E-state index contributed by atoms with van der Waals surface area (Å²) >= 11 is 5.86. The standard InChI is InChI=1S/C14H16ClN3O3/c1-3-21-13(20)14(2)8-11(17-16)12(19)18(14)10-6-4-9(15)5-7-10/h4-7H,3,8,16H2,1-2H3. The third-order valence-electron chi connectivity index (χ3n) is 3.41. The molecule has 0 spiro atoms. The maximum absolute atomic E-state index is 12.4. The molecule has 0 aliphatic carbocycles. The van der Waals surface area contributed by atoms with Gasteiger partial charge in [0.1, 0.15) is 11.3 Å². The summed E-state index contributed by atoms with van der Waals surface area (Å²) in [7, 11) is 0. The number of halogens is 1. The number of rotatable bonds is 3. The van der Waals surface area contributed by atoms with E-state index in [4.69, 9.17) is 22.2 Å². The maximum Gasteiger partial charge on any atom is 0.332 e. The van der Waals surface area contributed by atoms with Gasteiger partial charge in [0.15, 0.2) is 0 Å². The molecule has 112 valence electrons. The van der Waals surface area contributed by atoms with Gasteiger partial charge in [0.25, 0.3) is 5.91 Å². The molecule has 21 heavy (non-hydrogen) atoms. The predicted octanol–water partition coefficient (Wildman–Crippen LogP) is 1.71. The van der Waals surface area contributed by atoms with E-state index in [9.17, 15) is 9.59 Å². The van der Waals surface area contributed by atoms with Crippen molar-refractivity contribution in [2.24, 2.45) is 10.9 Å². The van der Waals surface area contributed by atoms with Crippen molar-refractivity contribution in [3.05, 3.63) is 29.3 Å². The summed E-state index contributed by atoms with van der Waals surface area (Å²) in [4.78, 5) is 26.1. The molecular formula is C14H16ClN3O3. The third-order valence-corrected chi connectivity index (χ3v) is 3.66. The number of benzene rings is 1. The number of nitrogens with zero attached hydrogens (tertiary/aromatic N) is 2. The first-order chi connectivity index (χ1) is 9.93. The fraction of sp³-hybridized carbons (Fsp3) is 0.357. The number of hydrogen-bond donors (Lipinski definition) is 1. The molecule has 1 aliphatic heterocycles. The molecule has 1 aromatic carbocycles. The van der Waals surface area contributed by atoms with E-state index in [1.807, 2.05) is 0 Å². The number of amides is 1. The van der Waals surface area contributed by atoms with Gasteiger partial charge in [-0.2, -0.15) is 5.10 Å². The fourth-order valence-electron chi connectivity index (χ4n) is 2.38. The zero-order valence-electron chi connectivity index (χ0n) is 11.8. The zero-order valence-corrected chi connectivity index (χ0v) is 12.6. The van der Waals surface area contributed by atoms with Crippen LogP contribution < -0.4 is 10.7 Å². The predicted molar refractivity (Wildman–Crippen MR) is 80.2 cm³/mol. The molecule has 0 aromatic heterocycles. The monoisotopic (exact) mass is 309 g/mol. The molecular weight excluding hydrogens is 294 g/mol. The van der Waals surface area contributed by atoms with Gasteiger partial charge < -0.3 is 10.6 Å². The Morgan fingerprint density at radius 3 is 2.62 bits per heavy atom. The summed E-state index contributed by atoms with van der Waals surface area (Å²) in [5.41, 5.74) is -0.488. The van der Waals surface area contributed by atoms with E-state index < -0.39 is 17.4 Å². The van der Waals surface area contributed by atoms with E-state index in [-0.39, 0.29) is 18.7 Å². The SMILES string of the molecule is CCOC(=O)C1(C)CC(=NN)C(=O)N1c1ccc(Cl)cc1. The Balaban J connectivity index is 2.49. The maximum atomic E-state index is 12.4. The molecule has 0 bridgehead atoms. The molecule has 1 fully saturated rings. The highest BCUT2D eigenvalue weighted by Gasteiger charge is 2.53. The minimum Gasteiger partial charge on any atom is -0.464 e. The van der Waals surface area contributed by atoms with Crippen molar-refractivity contribution in [3.8, 4) is 0 Å². The van der Waals surface area contributed by atoms with E-state index in [2.05, 4.69) is 5.10 Å². The quantitative estimate of drug-likeness (QED) is 0.523. The number of carbonyl (C=O) groups excluding carboxylic acids is 2. The number of hydrazone groups is 1. The van der Waals surface area contributed by atoms with Gasteiger partial charge in [-0.15, -0.1) is 0 Å². The summed E-state index contributed by atoms with van der Waals surface area (Å²) < 4.78 is 5.09. The number of esters is 1. The van der Waals surface area contributed by atoms with Gasteiger partial charge in [-0.3, -0.25) is 9.69 Å². The Hall–Kier alpha value is -2.08. The van der Waals surface area contributed by atoms with E-state index in [0.29, 0.717) is 10.7 Å². The van der Waals surface area contributed by atoms with Crippen LogP contribution in [0.25, 0.3) is 0 Å². The highest BCUT2D eigenvalue weighted by molar-refractivity contribution is 6.48. The lowest BCUT2D eigenvalue weighted by atomic mass is 9.98. The molecule has 2 N–H and O–H groups in total. The van der Waals surface area contributed by atoms with Gasteiger partial charge in [-0.25, -0.2) is 4.79 Å². The molecule has 2 rings (SSSR count). The van der Waals surface area contributed by atoms with Crippen molar-refractivity contribution in [1.29, 1.82) is 0 Å². The highest BCUT2D eigenvalue weighted by atomic mass is 35.5. The van der Waals surface area contributed by atoms with E-state index in [1.165, 1.54) is 4.90 Å². The van der Waals surface area contributed by atoms with Crippen LogP contribution >= 0.6 is 11.6 Å². The summed E-state index contributed by atoms with van der Waals surface area (Å²) in [6.07, 6.45) is 0.101. The normalized spacial score (nSPS) is 23.7. The Labute approximate surface area is 127 Å². The summed E-state index contributed by atoms with van der Waals surface area (Å²) in [5.74, 6) is 4.35. The minimum atomic E-state index is -1.17. The van der Waals surface area contributed by atoms with Gasteiger partial charge in [0, 0.05) is 17.1 Å². The largest absolute Gasteiger partial charge is 0.464 e. The van der Waals surface area contributed by atoms with E-state index in [1.54, 1.807) is 38.1 Å². The van der Waals surface area contributed by atoms with Crippen molar-refractivity contribution in [2.45, 2.75) is 25.8 Å². The van der Waals surface area contributed by atoms with Gasteiger partial charge in [0.2, 0.25) is 0 Å². The molecule has 1 heterocycles. The van der Waals surface area contributed by atoms with Gasteiger partial charge >= 0.3 is 5.97 Å². The number of nitrogens with two attached hydrogens (primary N) is 1. The number of hydrogen-bond acceptors (Lipinski definition) is 5. The molecule has 1 saturated heterocycles. The lowest BCUT2D eigenvalue weighted by Crippen LogP contribution is -2.50. The molecule has 1 amide bonds. The van der Waals surface area contributed by atoms with Crippen molar-refractivity contribution >= 4 is 34.9 Å². The van der Waals surface area contributed by atoms with E-state index >= 15 is 0 Å². The van der Waals surface area contributed by atoms with Gasteiger partial charge in [-0.05, 0) is 38.1 Å². The second-order valence-corrected chi connectivity index (χ2v) is 5.30. The lowest BCUT2D eigenvalue weighted by molar-refractivity contribution is -0.149. The second kappa shape index (κ2) is 5.73.